The molecule has 0 aromatic heterocycles. The van der Waals surface area contributed by atoms with E-state index >= 15 is 0 Å². The van der Waals surface area contributed by atoms with Gasteiger partial charge in [-0.25, -0.2) is 0 Å². The second-order valence-corrected chi connectivity index (χ2v) is 23.6. The zero-order valence-corrected chi connectivity index (χ0v) is 46.3. The van der Waals surface area contributed by atoms with Crippen molar-refractivity contribution >= 4 is 58.5 Å². The smallest absolute Gasteiger partial charge is 0.0920 e. The minimum Gasteiger partial charge on any atom is -0.184 e. The Morgan fingerprint density at radius 1 is 0.486 bits per heavy atom. The van der Waals surface area contributed by atoms with E-state index in [0.29, 0.717) is 11.8 Å². The molecule has 0 saturated heterocycles. The van der Waals surface area contributed by atoms with Gasteiger partial charge in [-0.1, -0.05) is 233 Å². The third kappa shape index (κ3) is 11.7. The predicted octanol–water partition coefficient (Wildman–Crippen LogP) is 18.4. The maximum atomic E-state index is 4.93. The Balaban J connectivity index is 0.000000144. The number of halogens is 2. The number of aryl methyl sites for hydroxylation is 2. The fraction of sp³-hybridized carbons (Fsp3) is 0.182. The minimum atomic E-state index is -0.826. The topological polar surface area (TPSA) is 0 Å². The standard InChI is InChI=1S/2C27H27.C12H7Si.2ClH.Zr/c2*1-4-10-21-15-16-22-17-23(20-11-6-5-7-12-20)18-26(22)27(21)25-14-9-8-13-24(25)19(2)3;1-3-7-11-9(5-1)10-6-2-4-8-12(10)13-11;;;/h2*5-9,11-19H,4,10H2,1-3H3;1-7H;2*1H;/q3*-1;;;+2/p-2. The summed E-state index contributed by atoms with van der Waals surface area (Å²) >= 11 is -0.826. The third-order valence-electron chi connectivity index (χ3n) is 13.2. The summed E-state index contributed by atoms with van der Waals surface area (Å²) < 4.78 is 0. The van der Waals surface area contributed by atoms with Gasteiger partial charge in [0.25, 0.3) is 0 Å². The molecule has 0 aliphatic carbocycles. The summed E-state index contributed by atoms with van der Waals surface area (Å²) in [5, 5.41) is 8.26. The summed E-state index contributed by atoms with van der Waals surface area (Å²) in [6, 6.07) is 76.2. The number of fused-ring (bicyclic) bond motifs is 5. The zero-order valence-electron chi connectivity index (χ0n) is 41.3. The maximum absolute atomic E-state index is 4.93. The number of hydrogen-bond acceptors (Lipinski definition) is 0. The van der Waals surface area contributed by atoms with Gasteiger partial charge in [0.05, 0.1) is 9.52 Å². The Kier molecular flexibility index (Phi) is 18.0. The summed E-state index contributed by atoms with van der Waals surface area (Å²) in [6.07, 6.45) is 4.55. The van der Waals surface area contributed by atoms with Crippen LogP contribution in [0.1, 0.15) is 88.5 Å². The molecule has 1 aliphatic rings. The van der Waals surface area contributed by atoms with Crippen LogP contribution in [0.2, 0.25) is 0 Å². The fourth-order valence-electron chi connectivity index (χ4n) is 10.0. The van der Waals surface area contributed by atoms with E-state index in [-0.39, 0.29) is 0 Å². The molecule has 0 fully saturated rings. The monoisotopic (exact) mass is 1040 g/mol. The van der Waals surface area contributed by atoms with Crippen LogP contribution >= 0.6 is 17.0 Å². The van der Waals surface area contributed by atoms with E-state index in [2.05, 4.69) is 242 Å². The molecule has 11 rings (SSSR count). The van der Waals surface area contributed by atoms with Crippen molar-refractivity contribution in [1.82, 2.24) is 0 Å². The van der Waals surface area contributed by atoms with Crippen molar-refractivity contribution in [2.75, 3.05) is 0 Å². The van der Waals surface area contributed by atoms with Gasteiger partial charge >= 0.3 is 37.9 Å². The molecule has 0 bridgehead atoms. The van der Waals surface area contributed by atoms with Crippen LogP contribution in [-0.2, 0) is 33.7 Å². The first-order chi connectivity index (χ1) is 34.2. The number of hydrogen-bond donors (Lipinski definition) is 0. The second kappa shape index (κ2) is 24.7. The Morgan fingerprint density at radius 3 is 1.36 bits per heavy atom. The Morgan fingerprint density at radius 2 is 0.900 bits per heavy atom. The van der Waals surface area contributed by atoms with E-state index in [1.165, 1.54) is 110 Å². The zero-order chi connectivity index (χ0) is 49.0. The van der Waals surface area contributed by atoms with Crippen LogP contribution in [-0.4, -0.2) is 9.52 Å². The molecule has 350 valence electrons. The fourth-order valence-corrected chi connectivity index (χ4v) is 11.3. The van der Waals surface area contributed by atoms with Crippen LogP contribution in [0.3, 0.4) is 0 Å². The van der Waals surface area contributed by atoms with Crippen molar-refractivity contribution in [2.45, 2.75) is 79.1 Å². The predicted molar refractivity (Wildman–Crippen MR) is 304 cm³/mol. The van der Waals surface area contributed by atoms with Crippen LogP contribution in [0, 0.1) is 6.07 Å². The maximum Gasteiger partial charge on any atom is 0.0920 e. The number of benzene rings is 8. The van der Waals surface area contributed by atoms with Crippen molar-refractivity contribution in [3.8, 4) is 55.6 Å². The summed E-state index contributed by atoms with van der Waals surface area (Å²) in [7, 11) is 10.7. The second-order valence-electron chi connectivity index (χ2n) is 18.6. The SMILES string of the molecule is CCCc1ccc2[cH-]c(-c3ccccc3)cc2c1-c1ccccc1C(C)C.CCCc1ccc2[cH-]c(-c3ccccc3)cc2c1-c1ccccc1C(C)C.[Cl][Zr][Cl].[c-]1cccc2c1[Si]c1ccccc1-2. The molecule has 0 saturated carbocycles. The van der Waals surface area contributed by atoms with Gasteiger partial charge < -0.3 is 0 Å². The van der Waals surface area contributed by atoms with E-state index in [1.54, 1.807) is 0 Å². The van der Waals surface area contributed by atoms with Gasteiger partial charge in [-0.3, -0.25) is 0 Å². The first-order valence-corrected chi connectivity index (χ1v) is 32.1. The normalized spacial score (nSPS) is 11.3. The first-order valence-electron chi connectivity index (χ1n) is 24.8. The van der Waals surface area contributed by atoms with Crippen molar-refractivity contribution < 1.29 is 20.8 Å². The van der Waals surface area contributed by atoms with E-state index < -0.39 is 20.8 Å². The van der Waals surface area contributed by atoms with Crippen LogP contribution in [0.15, 0.2) is 200 Å². The summed E-state index contributed by atoms with van der Waals surface area (Å²) in [5.74, 6) is 1.02. The molecule has 1 heterocycles. The van der Waals surface area contributed by atoms with Crippen LogP contribution in [0.25, 0.3) is 77.2 Å². The van der Waals surface area contributed by atoms with E-state index in [0.717, 1.165) is 35.2 Å². The molecule has 70 heavy (non-hydrogen) atoms. The molecular weight excluding hydrogens is 983 g/mol. The third-order valence-corrected chi connectivity index (χ3v) is 14.6. The number of rotatable bonds is 10. The molecule has 0 amide bonds. The molecule has 1 aliphatic heterocycles. The van der Waals surface area contributed by atoms with Gasteiger partial charge in [-0.2, -0.15) is 29.5 Å². The van der Waals surface area contributed by atoms with Crippen LogP contribution < -0.4 is 10.4 Å². The Hall–Kier alpha value is -5.34. The van der Waals surface area contributed by atoms with Gasteiger partial charge in [0, 0.05) is 0 Å². The van der Waals surface area contributed by atoms with Crippen LogP contribution in [0.5, 0.6) is 0 Å². The summed E-state index contributed by atoms with van der Waals surface area (Å²) in [4.78, 5) is 0. The van der Waals surface area contributed by atoms with Crippen LogP contribution in [0.4, 0.5) is 0 Å². The molecular formula is C66H61Cl2SiZr-3. The van der Waals surface area contributed by atoms with Crippen molar-refractivity contribution in [3.05, 3.63) is 229 Å². The molecule has 0 spiro atoms. The average molecular weight is 1040 g/mol. The quantitative estimate of drug-likeness (QED) is 0.0946. The van der Waals surface area contributed by atoms with Crippen molar-refractivity contribution in [2.24, 2.45) is 0 Å². The van der Waals surface area contributed by atoms with Gasteiger partial charge in [0.2, 0.25) is 0 Å². The summed E-state index contributed by atoms with van der Waals surface area (Å²) in [6.45, 7) is 13.7. The molecule has 0 atom stereocenters. The van der Waals surface area contributed by atoms with E-state index in [4.69, 9.17) is 17.0 Å². The summed E-state index contributed by atoms with van der Waals surface area (Å²) in [5.41, 5.74) is 19.4. The molecule has 10 aromatic rings. The van der Waals surface area contributed by atoms with Gasteiger partial charge in [-0.05, 0) is 58.1 Å². The van der Waals surface area contributed by atoms with Gasteiger partial charge in [-0.15, -0.1) is 74.6 Å². The molecule has 0 N–H and O–H groups in total. The van der Waals surface area contributed by atoms with E-state index in [9.17, 15) is 0 Å². The molecule has 0 nitrogen and oxygen atoms in total. The Labute approximate surface area is 439 Å². The van der Waals surface area contributed by atoms with Crippen molar-refractivity contribution in [1.29, 1.82) is 0 Å². The molecule has 0 unspecified atom stereocenters. The van der Waals surface area contributed by atoms with E-state index in [1.807, 2.05) is 6.07 Å². The Bertz CT molecular complexity index is 3050. The average Bonchev–Trinajstić information content (AvgIpc) is 4.14. The first kappa shape index (κ1) is 51.0. The largest absolute Gasteiger partial charge is 0.184 e. The van der Waals surface area contributed by atoms with Gasteiger partial charge in [0.1, 0.15) is 0 Å². The molecule has 10 aromatic carbocycles. The minimum absolute atomic E-state index is 0.509. The molecule has 2 radical (unpaired) electrons. The van der Waals surface area contributed by atoms with Gasteiger partial charge in [0.15, 0.2) is 0 Å². The molecule has 4 heteroatoms. The van der Waals surface area contributed by atoms with Crippen molar-refractivity contribution in [3.63, 3.8) is 0 Å².